The highest BCUT2D eigenvalue weighted by molar-refractivity contribution is 6.39. The monoisotopic (exact) mass is 295 g/mol. The average molecular weight is 296 g/mol. The van der Waals surface area contributed by atoms with Gasteiger partial charge in [-0.1, -0.05) is 29.3 Å². The van der Waals surface area contributed by atoms with E-state index in [9.17, 15) is 4.39 Å². The Labute approximate surface area is 118 Å². The third-order valence-corrected chi connectivity index (χ3v) is 3.31. The number of para-hydroxylation sites is 1. The van der Waals surface area contributed by atoms with Gasteiger partial charge < -0.3 is 9.72 Å². The molecule has 0 bridgehead atoms. The van der Waals surface area contributed by atoms with E-state index >= 15 is 0 Å². The fourth-order valence-corrected chi connectivity index (χ4v) is 2.33. The molecule has 0 aliphatic heterocycles. The summed E-state index contributed by atoms with van der Waals surface area (Å²) >= 11 is 12.2. The van der Waals surface area contributed by atoms with Crippen molar-refractivity contribution < 1.29 is 4.39 Å². The average Bonchev–Trinajstić information content (AvgIpc) is 2.81. The predicted molar refractivity (Wildman–Crippen MR) is 74.9 cm³/mol. The second kappa shape index (κ2) is 4.72. The number of halogens is 3. The molecule has 0 unspecified atom stereocenters. The number of fused-ring (bicyclic) bond motifs is 1. The first-order chi connectivity index (χ1) is 9.15. The summed E-state index contributed by atoms with van der Waals surface area (Å²) in [4.78, 5) is 4.16. The first-order valence-electron chi connectivity index (χ1n) is 5.48. The van der Waals surface area contributed by atoms with Gasteiger partial charge in [-0.25, -0.2) is 9.37 Å². The van der Waals surface area contributed by atoms with Gasteiger partial charge in [-0.15, -0.1) is 0 Å². The van der Waals surface area contributed by atoms with Gasteiger partial charge in [0.1, 0.15) is 5.82 Å². The number of pyridine rings is 1. The summed E-state index contributed by atoms with van der Waals surface area (Å²) in [6.07, 6.45) is 4.60. The number of hydrogen-bond donors (Lipinski definition) is 1. The van der Waals surface area contributed by atoms with Gasteiger partial charge in [0.05, 0.1) is 21.4 Å². The Morgan fingerprint density at radius 2 is 1.95 bits per heavy atom. The Morgan fingerprint density at radius 1 is 1.21 bits per heavy atom. The Kier molecular flexibility index (Phi) is 3.05. The van der Waals surface area contributed by atoms with Crippen molar-refractivity contribution in [3.8, 4) is 0 Å². The van der Waals surface area contributed by atoms with E-state index in [2.05, 4.69) is 10.3 Å². The van der Waals surface area contributed by atoms with Gasteiger partial charge in [-0.05, 0) is 12.1 Å². The van der Waals surface area contributed by atoms with Crippen LogP contribution in [0.3, 0.4) is 0 Å². The fraction of sp³-hybridized carbons (Fsp3) is 0. The molecule has 2 heterocycles. The molecule has 96 valence electrons. The molecule has 2 aromatic heterocycles. The van der Waals surface area contributed by atoms with E-state index < -0.39 is 0 Å². The van der Waals surface area contributed by atoms with E-state index in [1.165, 1.54) is 12.3 Å². The number of anilines is 2. The van der Waals surface area contributed by atoms with Crippen molar-refractivity contribution in [1.82, 2.24) is 9.38 Å². The fourth-order valence-electron chi connectivity index (χ4n) is 1.84. The van der Waals surface area contributed by atoms with Crippen molar-refractivity contribution in [2.45, 2.75) is 0 Å². The topological polar surface area (TPSA) is 29.3 Å². The molecule has 0 saturated carbocycles. The minimum absolute atomic E-state index is 0.379. The second-order valence-electron chi connectivity index (χ2n) is 3.95. The summed E-state index contributed by atoms with van der Waals surface area (Å²) < 4.78 is 15.1. The summed E-state index contributed by atoms with van der Waals surface area (Å²) in [5.41, 5.74) is 1.62. The molecule has 1 aromatic carbocycles. The summed E-state index contributed by atoms with van der Waals surface area (Å²) in [5, 5.41) is 3.94. The van der Waals surface area contributed by atoms with Gasteiger partial charge in [0.2, 0.25) is 0 Å². The summed E-state index contributed by atoms with van der Waals surface area (Å²) in [6.45, 7) is 0. The molecule has 6 heteroatoms. The van der Waals surface area contributed by atoms with Gasteiger partial charge >= 0.3 is 0 Å². The van der Waals surface area contributed by atoms with Gasteiger partial charge in [-0.2, -0.15) is 0 Å². The van der Waals surface area contributed by atoms with Crippen LogP contribution >= 0.6 is 23.2 Å². The van der Waals surface area contributed by atoms with Crippen molar-refractivity contribution in [3.63, 3.8) is 0 Å². The SMILES string of the molecule is Fc1cc(Nc2c(Cl)cccc2Cl)c2nccn2c1. The highest BCUT2D eigenvalue weighted by Gasteiger charge is 2.10. The number of hydrogen-bond acceptors (Lipinski definition) is 2. The summed E-state index contributed by atoms with van der Waals surface area (Å²) in [6, 6.07) is 6.50. The molecule has 0 saturated heterocycles. The van der Waals surface area contributed by atoms with Crippen molar-refractivity contribution in [2.75, 3.05) is 5.32 Å². The number of benzene rings is 1. The molecule has 3 nitrogen and oxygen atoms in total. The van der Waals surface area contributed by atoms with Crippen LogP contribution in [0.1, 0.15) is 0 Å². The van der Waals surface area contributed by atoms with Gasteiger partial charge in [0, 0.05) is 24.7 Å². The van der Waals surface area contributed by atoms with Crippen LogP contribution < -0.4 is 5.32 Å². The highest BCUT2D eigenvalue weighted by Crippen LogP contribution is 2.33. The smallest absolute Gasteiger partial charge is 0.160 e. The number of imidazole rings is 1. The molecule has 3 rings (SSSR count). The van der Waals surface area contributed by atoms with Crippen LogP contribution in [-0.4, -0.2) is 9.38 Å². The number of nitrogens with one attached hydrogen (secondary N) is 1. The lowest BCUT2D eigenvalue weighted by atomic mass is 10.3. The maximum absolute atomic E-state index is 13.5. The molecule has 0 spiro atoms. The van der Waals surface area contributed by atoms with E-state index in [4.69, 9.17) is 23.2 Å². The van der Waals surface area contributed by atoms with Crippen LogP contribution in [0.5, 0.6) is 0 Å². The molecule has 0 aliphatic rings. The van der Waals surface area contributed by atoms with Crippen LogP contribution in [0.25, 0.3) is 5.65 Å². The minimum atomic E-state index is -0.379. The van der Waals surface area contributed by atoms with Crippen molar-refractivity contribution in [1.29, 1.82) is 0 Å². The van der Waals surface area contributed by atoms with E-state index in [0.717, 1.165) is 0 Å². The Bertz CT molecular complexity index is 734. The van der Waals surface area contributed by atoms with E-state index in [1.807, 2.05) is 0 Å². The quantitative estimate of drug-likeness (QED) is 0.753. The molecule has 0 atom stereocenters. The largest absolute Gasteiger partial charge is 0.350 e. The van der Waals surface area contributed by atoms with Gasteiger partial charge in [0.15, 0.2) is 5.65 Å². The Hall–Kier alpha value is -1.78. The number of aromatic nitrogens is 2. The zero-order valence-corrected chi connectivity index (χ0v) is 11.1. The Morgan fingerprint density at radius 3 is 2.68 bits per heavy atom. The standard InChI is InChI=1S/C13H8Cl2FN3/c14-9-2-1-3-10(15)12(9)18-11-6-8(16)7-19-5-4-17-13(11)19/h1-7,18H. The van der Waals surface area contributed by atoms with Crippen molar-refractivity contribution in [3.05, 3.63) is 58.7 Å². The molecule has 3 aromatic rings. The normalized spacial score (nSPS) is 10.9. The first kappa shape index (κ1) is 12.3. The van der Waals surface area contributed by atoms with E-state index in [1.54, 1.807) is 35.0 Å². The lowest BCUT2D eigenvalue weighted by Crippen LogP contribution is -1.97. The molecule has 1 N–H and O–H groups in total. The maximum atomic E-state index is 13.5. The molecule has 19 heavy (non-hydrogen) atoms. The maximum Gasteiger partial charge on any atom is 0.160 e. The molecule has 0 aliphatic carbocycles. The van der Waals surface area contributed by atoms with Crippen molar-refractivity contribution in [2.24, 2.45) is 0 Å². The Balaban J connectivity index is 2.13. The van der Waals surface area contributed by atoms with Gasteiger partial charge in [0.25, 0.3) is 0 Å². The lowest BCUT2D eigenvalue weighted by Gasteiger charge is -2.11. The zero-order chi connectivity index (χ0) is 13.4. The first-order valence-corrected chi connectivity index (χ1v) is 6.24. The van der Waals surface area contributed by atoms with Crippen LogP contribution in [-0.2, 0) is 0 Å². The van der Waals surface area contributed by atoms with E-state index in [0.29, 0.717) is 27.1 Å². The van der Waals surface area contributed by atoms with Gasteiger partial charge in [-0.3, -0.25) is 0 Å². The molecular weight excluding hydrogens is 288 g/mol. The molecule has 0 fully saturated rings. The van der Waals surface area contributed by atoms with Crippen LogP contribution in [0.2, 0.25) is 10.0 Å². The predicted octanol–water partition coefficient (Wildman–Crippen LogP) is 4.52. The molecular formula is C13H8Cl2FN3. The third kappa shape index (κ3) is 2.25. The van der Waals surface area contributed by atoms with Crippen molar-refractivity contribution >= 4 is 40.2 Å². The number of nitrogens with zero attached hydrogens (tertiary/aromatic N) is 2. The number of rotatable bonds is 2. The lowest BCUT2D eigenvalue weighted by molar-refractivity contribution is 0.620. The van der Waals surface area contributed by atoms with Crippen LogP contribution in [0.4, 0.5) is 15.8 Å². The summed E-state index contributed by atoms with van der Waals surface area (Å²) in [7, 11) is 0. The van der Waals surface area contributed by atoms with Crippen LogP contribution in [0, 0.1) is 5.82 Å². The van der Waals surface area contributed by atoms with Crippen LogP contribution in [0.15, 0.2) is 42.9 Å². The third-order valence-electron chi connectivity index (χ3n) is 2.68. The zero-order valence-electron chi connectivity index (χ0n) is 9.57. The molecule has 0 radical (unpaired) electrons. The highest BCUT2D eigenvalue weighted by atomic mass is 35.5. The van der Waals surface area contributed by atoms with E-state index in [-0.39, 0.29) is 5.82 Å². The molecule has 0 amide bonds. The second-order valence-corrected chi connectivity index (χ2v) is 4.77. The minimum Gasteiger partial charge on any atom is -0.350 e. The summed E-state index contributed by atoms with van der Waals surface area (Å²) in [5.74, 6) is -0.379.